The van der Waals surface area contributed by atoms with Gasteiger partial charge in [-0.2, -0.15) is 0 Å². The zero-order valence-electron chi connectivity index (χ0n) is 12.3. The van der Waals surface area contributed by atoms with Crippen molar-refractivity contribution in [2.24, 2.45) is 0 Å². The van der Waals surface area contributed by atoms with E-state index >= 15 is 0 Å². The van der Waals surface area contributed by atoms with E-state index in [-0.39, 0.29) is 28.9 Å². The number of carbonyl (C=O) groups is 1. The molecule has 1 atom stereocenters. The van der Waals surface area contributed by atoms with Crippen LogP contribution >= 0.6 is 0 Å². The normalized spacial score (nSPS) is 17.2. The number of pyridine rings is 1. The lowest BCUT2D eigenvalue weighted by Crippen LogP contribution is -2.30. The standard InChI is InChI=1S/C16H15N3O4/c20-15-10-12(19(22)23)3-4-13(15)16(21)18-9-1-2-14(18)11-5-7-17-8-6-11/h3-8,10,14,20H,1-2,9H2/t14-/m0/s1. The Labute approximate surface area is 132 Å². The molecular weight excluding hydrogens is 298 g/mol. The highest BCUT2D eigenvalue weighted by molar-refractivity contribution is 5.97. The Morgan fingerprint density at radius 1 is 1.30 bits per heavy atom. The van der Waals surface area contributed by atoms with Crippen molar-refractivity contribution < 1.29 is 14.8 Å². The molecule has 0 unspecified atom stereocenters. The van der Waals surface area contributed by atoms with E-state index in [4.69, 9.17) is 0 Å². The minimum Gasteiger partial charge on any atom is -0.507 e. The fraction of sp³-hybridized carbons (Fsp3) is 0.250. The summed E-state index contributed by atoms with van der Waals surface area (Å²) >= 11 is 0. The van der Waals surface area contributed by atoms with E-state index in [0.29, 0.717) is 6.54 Å². The van der Waals surface area contributed by atoms with Gasteiger partial charge in [-0.3, -0.25) is 19.9 Å². The molecule has 0 radical (unpaired) electrons. The molecule has 2 aromatic rings. The van der Waals surface area contributed by atoms with Gasteiger partial charge in [0.05, 0.1) is 22.6 Å². The Hall–Kier alpha value is -2.96. The first-order valence-electron chi connectivity index (χ1n) is 7.26. The van der Waals surface area contributed by atoms with Gasteiger partial charge in [-0.1, -0.05) is 0 Å². The highest BCUT2D eigenvalue weighted by atomic mass is 16.6. The number of rotatable bonds is 3. The van der Waals surface area contributed by atoms with Gasteiger partial charge in [0.1, 0.15) is 5.75 Å². The summed E-state index contributed by atoms with van der Waals surface area (Å²) in [4.78, 5) is 28.5. The van der Waals surface area contributed by atoms with Crippen LogP contribution in [-0.4, -0.2) is 32.4 Å². The number of amides is 1. The molecule has 7 nitrogen and oxygen atoms in total. The number of non-ortho nitro benzene ring substituents is 1. The summed E-state index contributed by atoms with van der Waals surface area (Å²) in [5, 5.41) is 20.7. The molecule has 1 aliphatic rings. The topological polar surface area (TPSA) is 96.6 Å². The molecular formula is C16H15N3O4. The molecule has 7 heteroatoms. The van der Waals surface area contributed by atoms with Crippen LogP contribution in [-0.2, 0) is 0 Å². The summed E-state index contributed by atoms with van der Waals surface area (Å²) in [6, 6.07) is 7.20. The van der Waals surface area contributed by atoms with Crippen molar-refractivity contribution >= 4 is 11.6 Å². The van der Waals surface area contributed by atoms with E-state index in [1.165, 1.54) is 12.1 Å². The average Bonchev–Trinajstić information content (AvgIpc) is 3.04. The van der Waals surface area contributed by atoms with E-state index in [9.17, 15) is 20.0 Å². The van der Waals surface area contributed by atoms with Gasteiger partial charge >= 0.3 is 0 Å². The molecule has 1 saturated heterocycles. The maximum absolute atomic E-state index is 12.7. The van der Waals surface area contributed by atoms with Crippen LogP contribution in [0.2, 0.25) is 0 Å². The first-order valence-corrected chi connectivity index (χ1v) is 7.26. The molecule has 1 aromatic heterocycles. The quantitative estimate of drug-likeness (QED) is 0.694. The van der Waals surface area contributed by atoms with Gasteiger partial charge in [-0.25, -0.2) is 0 Å². The number of aromatic nitrogens is 1. The second kappa shape index (κ2) is 6.04. The van der Waals surface area contributed by atoms with Crippen LogP contribution in [0.5, 0.6) is 5.75 Å². The van der Waals surface area contributed by atoms with E-state index < -0.39 is 4.92 Å². The van der Waals surface area contributed by atoms with Crippen LogP contribution in [0.3, 0.4) is 0 Å². The molecule has 2 heterocycles. The van der Waals surface area contributed by atoms with Crippen LogP contribution in [0, 0.1) is 10.1 Å². The van der Waals surface area contributed by atoms with Crippen molar-refractivity contribution in [2.75, 3.05) is 6.54 Å². The minimum absolute atomic E-state index is 0.0694. The van der Waals surface area contributed by atoms with Gasteiger partial charge in [-0.15, -0.1) is 0 Å². The van der Waals surface area contributed by atoms with E-state index in [1.54, 1.807) is 17.3 Å². The number of phenolic OH excluding ortho intramolecular Hbond substituents is 1. The van der Waals surface area contributed by atoms with Crippen molar-refractivity contribution in [3.05, 3.63) is 64.0 Å². The summed E-state index contributed by atoms with van der Waals surface area (Å²) in [7, 11) is 0. The first-order chi connectivity index (χ1) is 11.1. The molecule has 0 spiro atoms. The number of nitro benzene ring substituents is 1. The molecule has 23 heavy (non-hydrogen) atoms. The third-order valence-corrected chi connectivity index (χ3v) is 4.03. The monoisotopic (exact) mass is 313 g/mol. The molecule has 118 valence electrons. The summed E-state index contributed by atoms with van der Waals surface area (Å²) in [5.74, 6) is -0.693. The lowest BCUT2D eigenvalue weighted by Gasteiger charge is -2.25. The first kappa shape index (κ1) is 15.0. The predicted octanol–water partition coefficient (Wildman–Crippen LogP) is 2.67. The highest BCUT2D eigenvalue weighted by Crippen LogP contribution is 2.34. The molecule has 1 fully saturated rings. The number of nitrogens with zero attached hydrogens (tertiary/aromatic N) is 3. The largest absolute Gasteiger partial charge is 0.507 e. The van der Waals surface area contributed by atoms with E-state index in [1.807, 2.05) is 12.1 Å². The lowest BCUT2D eigenvalue weighted by molar-refractivity contribution is -0.384. The van der Waals surface area contributed by atoms with Crippen LogP contribution in [0.15, 0.2) is 42.7 Å². The molecule has 1 aliphatic heterocycles. The Morgan fingerprint density at radius 2 is 2.04 bits per heavy atom. The summed E-state index contributed by atoms with van der Waals surface area (Å²) in [6.07, 6.45) is 5.06. The minimum atomic E-state index is -0.608. The SMILES string of the molecule is O=C(c1ccc([N+](=O)[O-])cc1O)N1CCC[C@H]1c1ccncc1. The number of aromatic hydroxyl groups is 1. The van der Waals surface area contributed by atoms with Gasteiger partial charge < -0.3 is 10.0 Å². The lowest BCUT2D eigenvalue weighted by atomic mass is 10.1. The van der Waals surface area contributed by atoms with Crippen LogP contribution < -0.4 is 0 Å². The summed E-state index contributed by atoms with van der Waals surface area (Å²) in [5.41, 5.74) is 0.829. The highest BCUT2D eigenvalue weighted by Gasteiger charge is 2.32. The molecule has 3 rings (SSSR count). The number of nitro groups is 1. The number of hydrogen-bond donors (Lipinski definition) is 1. The van der Waals surface area contributed by atoms with Crippen molar-refractivity contribution in [3.63, 3.8) is 0 Å². The maximum atomic E-state index is 12.7. The van der Waals surface area contributed by atoms with Crippen molar-refractivity contribution in [1.82, 2.24) is 9.88 Å². The fourth-order valence-corrected chi connectivity index (χ4v) is 2.91. The molecule has 0 saturated carbocycles. The van der Waals surface area contributed by atoms with Gasteiger partial charge in [0.2, 0.25) is 0 Å². The second-order valence-electron chi connectivity index (χ2n) is 5.40. The Morgan fingerprint density at radius 3 is 2.70 bits per heavy atom. The number of carbonyl (C=O) groups excluding carboxylic acids is 1. The number of benzene rings is 1. The van der Waals surface area contributed by atoms with E-state index in [2.05, 4.69) is 4.98 Å². The van der Waals surface area contributed by atoms with Crippen LogP contribution in [0.25, 0.3) is 0 Å². The van der Waals surface area contributed by atoms with Crippen molar-refractivity contribution in [2.45, 2.75) is 18.9 Å². The molecule has 1 amide bonds. The van der Waals surface area contributed by atoms with Crippen LogP contribution in [0.1, 0.15) is 34.8 Å². The number of hydrogen-bond acceptors (Lipinski definition) is 5. The predicted molar refractivity (Wildman–Crippen MR) is 82.0 cm³/mol. The Bertz CT molecular complexity index is 748. The average molecular weight is 313 g/mol. The second-order valence-corrected chi connectivity index (χ2v) is 5.40. The maximum Gasteiger partial charge on any atom is 0.273 e. The van der Waals surface area contributed by atoms with Crippen LogP contribution in [0.4, 0.5) is 5.69 Å². The smallest absolute Gasteiger partial charge is 0.273 e. The van der Waals surface area contributed by atoms with E-state index in [0.717, 1.165) is 24.5 Å². The fourth-order valence-electron chi connectivity index (χ4n) is 2.91. The van der Waals surface area contributed by atoms with Crippen molar-refractivity contribution in [1.29, 1.82) is 0 Å². The zero-order chi connectivity index (χ0) is 16.4. The molecule has 0 bridgehead atoms. The third kappa shape index (κ3) is 2.85. The Balaban J connectivity index is 1.89. The summed E-state index contributed by atoms with van der Waals surface area (Å²) in [6.45, 7) is 0.586. The number of phenols is 1. The zero-order valence-corrected chi connectivity index (χ0v) is 12.3. The number of likely N-dealkylation sites (tertiary alicyclic amines) is 1. The molecule has 1 N–H and O–H groups in total. The van der Waals surface area contributed by atoms with Gasteiger partial charge in [0, 0.05) is 25.0 Å². The van der Waals surface area contributed by atoms with Gasteiger partial charge in [-0.05, 0) is 36.6 Å². The third-order valence-electron chi connectivity index (χ3n) is 4.03. The molecule has 1 aromatic carbocycles. The van der Waals surface area contributed by atoms with Gasteiger partial charge in [0.25, 0.3) is 11.6 Å². The molecule has 0 aliphatic carbocycles. The Kier molecular flexibility index (Phi) is 3.92. The summed E-state index contributed by atoms with van der Waals surface area (Å²) < 4.78 is 0. The van der Waals surface area contributed by atoms with Gasteiger partial charge in [0.15, 0.2) is 0 Å². The van der Waals surface area contributed by atoms with Crippen molar-refractivity contribution in [3.8, 4) is 5.75 Å².